The van der Waals surface area contributed by atoms with E-state index in [1.54, 1.807) is 0 Å². The summed E-state index contributed by atoms with van der Waals surface area (Å²) in [6.07, 6.45) is 39.4. The molecule has 0 bridgehead atoms. The van der Waals surface area contributed by atoms with Gasteiger partial charge in [-0.1, -0.05) is 120 Å². The molecule has 0 aliphatic heterocycles. The fraction of sp³-hybridized carbons (Fsp3) is 0.730. The first-order valence-electron chi connectivity index (χ1n) is 17.0. The molecule has 0 aromatic carbocycles. The van der Waals surface area contributed by atoms with Gasteiger partial charge in [-0.3, -0.25) is 9.59 Å². The van der Waals surface area contributed by atoms with Crippen LogP contribution >= 0.6 is 0 Å². The van der Waals surface area contributed by atoms with E-state index in [1.807, 2.05) is 12.2 Å². The molecule has 41 heavy (non-hydrogen) atoms. The minimum Gasteiger partial charge on any atom is -0.481 e. The molecule has 2 unspecified atom stereocenters. The standard InChI is InChI=1S/C37H64O4/c1-3-5-7-9-11-13-15-17-19-21-23-25-27-30-34(36(38)39)32-29-33-35(37(40)41)31-28-26-24-22-20-18-16-14-12-10-8-6-4-2/h3-4,9-12,34-35H,1-2,5-8,13-33H2,(H,38,39)(H,40,41)/b11-9+,12-10+. The Morgan fingerprint density at radius 3 is 1.05 bits per heavy atom. The average molecular weight is 573 g/mol. The number of allylic oxidation sites excluding steroid dienone is 6. The van der Waals surface area contributed by atoms with Crippen LogP contribution in [0.15, 0.2) is 49.6 Å². The summed E-state index contributed by atoms with van der Waals surface area (Å²) in [6.45, 7) is 7.47. The molecule has 0 aliphatic carbocycles. The van der Waals surface area contributed by atoms with Gasteiger partial charge in [-0.05, 0) is 77.0 Å². The Morgan fingerprint density at radius 2 is 0.707 bits per heavy atom. The number of hydrogen-bond acceptors (Lipinski definition) is 2. The Bertz CT molecular complexity index is 635. The summed E-state index contributed by atoms with van der Waals surface area (Å²) in [5, 5.41) is 19.3. The van der Waals surface area contributed by atoms with Gasteiger partial charge in [0.1, 0.15) is 0 Å². The summed E-state index contributed by atoms with van der Waals surface area (Å²) in [4.78, 5) is 23.5. The van der Waals surface area contributed by atoms with Crippen molar-refractivity contribution in [1.29, 1.82) is 0 Å². The first-order valence-corrected chi connectivity index (χ1v) is 17.0. The van der Waals surface area contributed by atoms with Crippen molar-refractivity contribution in [2.24, 2.45) is 11.8 Å². The predicted octanol–water partition coefficient (Wildman–Crippen LogP) is 11.6. The molecule has 2 atom stereocenters. The van der Waals surface area contributed by atoms with Crippen molar-refractivity contribution in [2.75, 3.05) is 0 Å². The van der Waals surface area contributed by atoms with Gasteiger partial charge < -0.3 is 10.2 Å². The number of carbonyl (C=O) groups is 2. The van der Waals surface area contributed by atoms with E-state index in [2.05, 4.69) is 37.5 Å². The summed E-state index contributed by atoms with van der Waals surface area (Å²) in [5.74, 6) is -2.11. The fourth-order valence-corrected chi connectivity index (χ4v) is 5.37. The largest absolute Gasteiger partial charge is 0.481 e. The predicted molar refractivity (Wildman–Crippen MR) is 176 cm³/mol. The van der Waals surface area contributed by atoms with Crippen LogP contribution in [0.3, 0.4) is 0 Å². The lowest BCUT2D eigenvalue weighted by atomic mass is 9.90. The van der Waals surface area contributed by atoms with Crippen molar-refractivity contribution in [1.82, 2.24) is 0 Å². The molecule has 0 heterocycles. The topological polar surface area (TPSA) is 74.6 Å². The van der Waals surface area contributed by atoms with Crippen LogP contribution in [0, 0.1) is 11.8 Å². The number of rotatable bonds is 32. The SMILES string of the molecule is C=CCC/C=C/CCCCCCCCCC(CCCC(CCCCCCCCC/C=C/CCC=C)C(=O)O)C(=O)O. The van der Waals surface area contributed by atoms with Gasteiger partial charge in [0.25, 0.3) is 0 Å². The van der Waals surface area contributed by atoms with E-state index in [9.17, 15) is 19.8 Å². The Balaban J connectivity index is 3.83. The summed E-state index contributed by atoms with van der Waals surface area (Å²) in [7, 11) is 0. The lowest BCUT2D eigenvalue weighted by Gasteiger charge is -2.15. The molecule has 0 aromatic rings. The highest BCUT2D eigenvalue weighted by Gasteiger charge is 2.20. The Kier molecular flexibility index (Phi) is 29.3. The zero-order chi connectivity index (χ0) is 30.2. The second-order valence-electron chi connectivity index (χ2n) is 11.8. The highest BCUT2D eigenvalue weighted by molar-refractivity contribution is 5.70. The van der Waals surface area contributed by atoms with E-state index >= 15 is 0 Å². The van der Waals surface area contributed by atoms with Crippen LogP contribution in [0.1, 0.15) is 161 Å². The molecule has 0 rings (SSSR count). The molecule has 0 aliphatic rings. The molecule has 4 nitrogen and oxygen atoms in total. The number of carboxylic acid groups (broad SMARTS) is 2. The molecule has 0 radical (unpaired) electrons. The van der Waals surface area contributed by atoms with Crippen molar-refractivity contribution in [3.63, 3.8) is 0 Å². The van der Waals surface area contributed by atoms with Crippen LogP contribution in [0.4, 0.5) is 0 Å². The zero-order valence-electron chi connectivity index (χ0n) is 26.4. The van der Waals surface area contributed by atoms with Crippen LogP contribution in [0.2, 0.25) is 0 Å². The molecule has 0 amide bonds. The van der Waals surface area contributed by atoms with E-state index in [-0.39, 0.29) is 11.8 Å². The first-order chi connectivity index (χ1) is 20.0. The van der Waals surface area contributed by atoms with Crippen LogP contribution in [0.25, 0.3) is 0 Å². The summed E-state index contributed by atoms with van der Waals surface area (Å²) in [6, 6.07) is 0. The van der Waals surface area contributed by atoms with E-state index in [0.29, 0.717) is 32.1 Å². The maximum atomic E-state index is 11.7. The number of hydrogen-bond donors (Lipinski definition) is 2. The molecule has 236 valence electrons. The fourth-order valence-electron chi connectivity index (χ4n) is 5.37. The van der Waals surface area contributed by atoms with Crippen molar-refractivity contribution in [3.05, 3.63) is 49.6 Å². The van der Waals surface area contributed by atoms with Crippen molar-refractivity contribution < 1.29 is 19.8 Å². The quantitative estimate of drug-likeness (QED) is 0.0621. The Labute approximate surface area is 253 Å². The third kappa shape index (κ3) is 27.8. The molecule has 4 heteroatoms. The van der Waals surface area contributed by atoms with Crippen LogP contribution in [0.5, 0.6) is 0 Å². The lowest BCUT2D eigenvalue weighted by Crippen LogP contribution is -2.17. The third-order valence-electron chi connectivity index (χ3n) is 8.06. The second-order valence-corrected chi connectivity index (χ2v) is 11.8. The number of aliphatic carboxylic acids is 2. The van der Waals surface area contributed by atoms with Gasteiger partial charge in [0.05, 0.1) is 11.8 Å². The van der Waals surface area contributed by atoms with E-state index in [4.69, 9.17) is 0 Å². The Hall–Kier alpha value is -2.10. The lowest BCUT2D eigenvalue weighted by molar-refractivity contribution is -0.142. The van der Waals surface area contributed by atoms with Gasteiger partial charge in [0.15, 0.2) is 0 Å². The minimum absolute atomic E-state index is 0.333. The highest BCUT2D eigenvalue weighted by Crippen LogP contribution is 2.23. The first kappa shape index (κ1) is 38.9. The second kappa shape index (κ2) is 30.8. The zero-order valence-corrected chi connectivity index (χ0v) is 26.4. The molecule has 0 spiro atoms. The molecular formula is C37H64O4. The van der Waals surface area contributed by atoms with Gasteiger partial charge in [0.2, 0.25) is 0 Å². The normalized spacial score (nSPS) is 13.1. The minimum atomic E-state index is -0.721. The number of carboxylic acids is 2. The Morgan fingerprint density at radius 1 is 0.415 bits per heavy atom. The van der Waals surface area contributed by atoms with Crippen LogP contribution < -0.4 is 0 Å². The summed E-state index contributed by atoms with van der Waals surface area (Å²) >= 11 is 0. The third-order valence-corrected chi connectivity index (χ3v) is 8.06. The van der Waals surface area contributed by atoms with Gasteiger partial charge in [-0.2, -0.15) is 0 Å². The van der Waals surface area contributed by atoms with E-state index in [0.717, 1.165) is 64.2 Å². The van der Waals surface area contributed by atoms with E-state index in [1.165, 1.54) is 64.2 Å². The van der Waals surface area contributed by atoms with Gasteiger partial charge in [-0.25, -0.2) is 0 Å². The van der Waals surface area contributed by atoms with Gasteiger partial charge in [-0.15, -0.1) is 13.2 Å². The summed E-state index contributed by atoms with van der Waals surface area (Å²) in [5.41, 5.74) is 0. The van der Waals surface area contributed by atoms with Crippen molar-refractivity contribution in [2.45, 2.75) is 161 Å². The number of unbranched alkanes of at least 4 members (excludes halogenated alkanes) is 16. The monoisotopic (exact) mass is 572 g/mol. The molecule has 0 aromatic heterocycles. The van der Waals surface area contributed by atoms with Crippen molar-refractivity contribution in [3.8, 4) is 0 Å². The van der Waals surface area contributed by atoms with E-state index < -0.39 is 11.9 Å². The summed E-state index contributed by atoms with van der Waals surface area (Å²) < 4.78 is 0. The molecule has 0 saturated carbocycles. The molecular weight excluding hydrogens is 508 g/mol. The van der Waals surface area contributed by atoms with Crippen LogP contribution in [-0.4, -0.2) is 22.2 Å². The molecule has 2 N–H and O–H groups in total. The highest BCUT2D eigenvalue weighted by atomic mass is 16.4. The average Bonchev–Trinajstić information content (AvgIpc) is 2.95. The van der Waals surface area contributed by atoms with Crippen molar-refractivity contribution >= 4 is 11.9 Å². The molecule has 0 fully saturated rings. The smallest absolute Gasteiger partial charge is 0.306 e. The van der Waals surface area contributed by atoms with Crippen LogP contribution in [-0.2, 0) is 9.59 Å². The van der Waals surface area contributed by atoms with Gasteiger partial charge >= 0.3 is 11.9 Å². The maximum absolute atomic E-state index is 11.7. The molecule has 0 saturated heterocycles. The maximum Gasteiger partial charge on any atom is 0.306 e. The van der Waals surface area contributed by atoms with Gasteiger partial charge in [0, 0.05) is 0 Å².